The molecule has 0 saturated carbocycles. The zero-order chi connectivity index (χ0) is 22.0. The molecule has 2 saturated heterocycles. The summed E-state index contributed by atoms with van der Waals surface area (Å²) in [5.41, 5.74) is 2.22. The molecule has 4 rings (SSSR count). The number of pyridine rings is 1. The molecule has 2 unspecified atom stereocenters. The summed E-state index contributed by atoms with van der Waals surface area (Å²) in [7, 11) is 0. The van der Waals surface area contributed by atoms with E-state index in [0.29, 0.717) is 23.7 Å². The van der Waals surface area contributed by atoms with E-state index in [-0.39, 0.29) is 30.9 Å². The number of nitrogens with one attached hydrogen (secondary N) is 2. The van der Waals surface area contributed by atoms with Gasteiger partial charge < -0.3 is 15.5 Å². The molecule has 162 valence electrons. The van der Waals surface area contributed by atoms with E-state index in [1.165, 1.54) is 9.80 Å². The van der Waals surface area contributed by atoms with Gasteiger partial charge >= 0.3 is 6.03 Å². The second kappa shape index (κ2) is 9.03. The highest BCUT2D eigenvalue weighted by Crippen LogP contribution is 2.26. The third-order valence-electron chi connectivity index (χ3n) is 5.69. The number of aromatic nitrogens is 1. The number of urea groups is 1. The predicted octanol–water partition coefficient (Wildman–Crippen LogP) is 2.57. The third-order valence-corrected chi connectivity index (χ3v) is 5.92. The molecule has 1 aromatic carbocycles. The Morgan fingerprint density at radius 1 is 1.32 bits per heavy atom. The smallest absolute Gasteiger partial charge is 0.324 e. The fourth-order valence-corrected chi connectivity index (χ4v) is 4.27. The number of rotatable bonds is 5. The Bertz CT molecular complexity index is 1000. The maximum absolute atomic E-state index is 13.3. The van der Waals surface area contributed by atoms with Crippen molar-refractivity contribution in [1.82, 2.24) is 20.1 Å². The minimum absolute atomic E-state index is 0.113. The molecule has 1 aromatic heterocycles. The van der Waals surface area contributed by atoms with Crippen molar-refractivity contribution in [3.8, 4) is 0 Å². The normalized spacial score (nSPS) is 21.1. The van der Waals surface area contributed by atoms with Gasteiger partial charge in [0.25, 0.3) is 0 Å². The summed E-state index contributed by atoms with van der Waals surface area (Å²) >= 11 is 6.05. The Hall–Kier alpha value is -2.97. The van der Waals surface area contributed by atoms with Gasteiger partial charge in [0.2, 0.25) is 11.8 Å². The summed E-state index contributed by atoms with van der Waals surface area (Å²) in [4.78, 5) is 45.9. The SMILES string of the molecule is Cc1ccc(Cl)cc1NC(=O)CN1C(=O)N(Cc2cccnc2)C(=O)C2NCCCC21. The zero-order valence-corrected chi connectivity index (χ0v) is 17.9. The van der Waals surface area contributed by atoms with Gasteiger partial charge in [0.15, 0.2) is 0 Å². The molecular formula is C22H24ClN5O3. The summed E-state index contributed by atoms with van der Waals surface area (Å²) in [6, 6.07) is 7.48. The molecule has 0 spiro atoms. The van der Waals surface area contributed by atoms with E-state index >= 15 is 0 Å². The number of carbonyl (C=O) groups excluding carboxylic acids is 3. The van der Waals surface area contributed by atoms with Gasteiger partial charge in [0, 0.05) is 23.1 Å². The van der Waals surface area contributed by atoms with Crippen LogP contribution in [-0.2, 0) is 16.1 Å². The van der Waals surface area contributed by atoms with Gasteiger partial charge in [0.05, 0.1) is 12.6 Å². The predicted molar refractivity (Wildman–Crippen MR) is 117 cm³/mol. The Labute approximate surface area is 185 Å². The Morgan fingerprint density at radius 2 is 2.16 bits per heavy atom. The van der Waals surface area contributed by atoms with Crippen LogP contribution >= 0.6 is 11.6 Å². The van der Waals surface area contributed by atoms with Crippen molar-refractivity contribution in [2.45, 2.75) is 38.4 Å². The van der Waals surface area contributed by atoms with Crippen LogP contribution in [0.3, 0.4) is 0 Å². The van der Waals surface area contributed by atoms with Crippen molar-refractivity contribution in [1.29, 1.82) is 0 Å². The quantitative estimate of drug-likeness (QED) is 0.743. The summed E-state index contributed by atoms with van der Waals surface area (Å²) < 4.78 is 0. The van der Waals surface area contributed by atoms with Gasteiger partial charge in [-0.2, -0.15) is 0 Å². The van der Waals surface area contributed by atoms with Crippen molar-refractivity contribution in [2.24, 2.45) is 0 Å². The summed E-state index contributed by atoms with van der Waals surface area (Å²) in [6.07, 6.45) is 4.76. The van der Waals surface area contributed by atoms with Gasteiger partial charge in [-0.05, 0) is 55.6 Å². The van der Waals surface area contributed by atoms with Crippen LogP contribution in [0.4, 0.5) is 10.5 Å². The molecule has 0 bridgehead atoms. The average Bonchev–Trinajstić information content (AvgIpc) is 2.77. The first-order valence-corrected chi connectivity index (χ1v) is 10.6. The first-order valence-electron chi connectivity index (χ1n) is 10.2. The van der Waals surface area contributed by atoms with Crippen molar-refractivity contribution in [3.63, 3.8) is 0 Å². The number of benzene rings is 1. The lowest BCUT2D eigenvalue weighted by atomic mass is 9.93. The number of imide groups is 1. The molecule has 0 aliphatic carbocycles. The second-order valence-corrected chi connectivity index (χ2v) is 8.28. The molecule has 3 heterocycles. The zero-order valence-electron chi connectivity index (χ0n) is 17.2. The minimum Gasteiger partial charge on any atom is -0.324 e. The van der Waals surface area contributed by atoms with Gasteiger partial charge in [-0.1, -0.05) is 23.7 Å². The number of carbonyl (C=O) groups is 3. The highest BCUT2D eigenvalue weighted by molar-refractivity contribution is 6.31. The first-order chi connectivity index (χ1) is 14.9. The third kappa shape index (κ3) is 4.55. The number of anilines is 1. The number of hydrogen-bond donors (Lipinski definition) is 2. The fraction of sp³-hybridized carbons (Fsp3) is 0.364. The highest BCUT2D eigenvalue weighted by Gasteiger charge is 2.47. The van der Waals surface area contributed by atoms with E-state index < -0.39 is 12.1 Å². The van der Waals surface area contributed by atoms with Crippen LogP contribution in [0.15, 0.2) is 42.7 Å². The molecule has 0 radical (unpaired) electrons. The van der Waals surface area contributed by atoms with E-state index in [2.05, 4.69) is 15.6 Å². The van der Waals surface area contributed by atoms with E-state index in [4.69, 9.17) is 11.6 Å². The van der Waals surface area contributed by atoms with Crippen LogP contribution in [0.5, 0.6) is 0 Å². The van der Waals surface area contributed by atoms with E-state index in [9.17, 15) is 14.4 Å². The molecule has 4 amide bonds. The topological polar surface area (TPSA) is 94.6 Å². The number of hydrogen-bond acceptors (Lipinski definition) is 5. The Kier molecular flexibility index (Phi) is 6.20. The Morgan fingerprint density at radius 3 is 2.94 bits per heavy atom. The van der Waals surface area contributed by atoms with Gasteiger partial charge in [-0.25, -0.2) is 4.79 Å². The lowest BCUT2D eigenvalue weighted by Gasteiger charge is -2.46. The largest absolute Gasteiger partial charge is 0.327 e. The first kappa shape index (κ1) is 21.3. The average molecular weight is 442 g/mol. The minimum atomic E-state index is -0.524. The fourth-order valence-electron chi connectivity index (χ4n) is 4.10. The molecule has 2 N–H and O–H groups in total. The van der Waals surface area contributed by atoms with Crippen molar-refractivity contribution in [3.05, 3.63) is 58.9 Å². The molecule has 2 fully saturated rings. The van der Waals surface area contributed by atoms with Crippen molar-refractivity contribution in [2.75, 3.05) is 18.4 Å². The lowest BCUT2D eigenvalue weighted by molar-refractivity contribution is -0.138. The van der Waals surface area contributed by atoms with Gasteiger partial charge in [-0.15, -0.1) is 0 Å². The molecule has 2 aliphatic rings. The molecule has 8 nitrogen and oxygen atoms in total. The van der Waals surface area contributed by atoms with Crippen molar-refractivity contribution >= 4 is 35.1 Å². The van der Waals surface area contributed by atoms with Crippen LogP contribution in [0, 0.1) is 6.92 Å². The van der Waals surface area contributed by atoms with Crippen LogP contribution in [-0.4, -0.2) is 57.8 Å². The number of amides is 4. The molecule has 9 heteroatoms. The van der Waals surface area contributed by atoms with Crippen LogP contribution in [0.2, 0.25) is 5.02 Å². The van der Waals surface area contributed by atoms with E-state index in [1.54, 1.807) is 30.6 Å². The molecule has 31 heavy (non-hydrogen) atoms. The van der Waals surface area contributed by atoms with Crippen molar-refractivity contribution < 1.29 is 14.4 Å². The molecule has 2 atom stereocenters. The molecular weight excluding hydrogens is 418 g/mol. The van der Waals surface area contributed by atoms with Crippen LogP contribution < -0.4 is 10.6 Å². The van der Waals surface area contributed by atoms with Gasteiger partial charge in [-0.3, -0.25) is 19.5 Å². The molecule has 2 aromatic rings. The number of nitrogens with zero attached hydrogens (tertiary/aromatic N) is 3. The maximum atomic E-state index is 13.3. The summed E-state index contributed by atoms with van der Waals surface area (Å²) in [5.74, 6) is -0.598. The van der Waals surface area contributed by atoms with Gasteiger partial charge in [0.1, 0.15) is 12.6 Å². The number of piperidine rings is 1. The number of halogens is 1. The molecule has 2 aliphatic heterocycles. The van der Waals surface area contributed by atoms with Crippen LogP contribution in [0.1, 0.15) is 24.0 Å². The van der Waals surface area contributed by atoms with E-state index in [1.807, 2.05) is 19.1 Å². The standard InChI is InChI=1S/C22H24ClN5O3/c1-14-6-7-16(23)10-17(14)26-19(29)13-27-18-5-3-9-25-20(18)21(30)28(22(27)31)12-15-4-2-8-24-11-15/h2,4,6-8,10-11,18,20,25H,3,5,9,12-13H2,1H3,(H,26,29). The summed E-state index contributed by atoms with van der Waals surface area (Å²) in [5, 5.41) is 6.58. The Balaban J connectivity index is 1.55. The monoisotopic (exact) mass is 441 g/mol. The second-order valence-electron chi connectivity index (χ2n) is 7.84. The van der Waals surface area contributed by atoms with E-state index in [0.717, 1.165) is 17.5 Å². The highest BCUT2D eigenvalue weighted by atomic mass is 35.5. The maximum Gasteiger partial charge on any atom is 0.327 e. The summed E-state index contributed by atoms with van der Waals surface area (Å²) in [6.45, 7) is 2.53. The number of fused-ring (bicyclic) bond motifs is 1. The van der Waals surface area contributed by atoms with Crippen LogP contribution in [0.25, 0.3) is 0 Å². The number of aryl methyl sites for hydroxylation is 1. The lowest BCUT2D eigenvalue weighted by Crippen LogP contribution is -2.70.